The molecule has 0 radical (unpaired) electrons. The molecule has 2 atom stereocenters. The lowest BCUT2D eigenvalue weighted by atomic mass is 10.00. The highest BCUT2D eigenvalue weighted by Crippen LogP contribution is 2.27. The monoisotopic (exact) mass is 317 g/mol. The van der Waals surface area contributed by atoms with Crippen LogP contribution >= 0.6 is 11.8 Å². The Kier molecular flexibility index (Phi) is 4.44. The molecule has 6 nitrogen and oxygen atoms in total. The van der Waals surface area contributed by atoms with Crippen LogP contribution in [-0.2, 0) is 6.42 Å². The normalized spacial score (nSPS) is 21.3. The number of nitrogen functional groups attached to an aromatic ring is 1. The van der Waals surface area contributed by atoms with E-state index < -0.39 is 6.10 Å². The van der Waals surface area contributed by atoms with Gasteiger partial charge in [-0.25, -0.2) is 9.97 Å². The molecule has 116 valence electrons. The Bertz CT molecular complexity index is 639. The van der Waals surface area contributed by atoms with Crippen LogP contribution in [0.3, 0.4) is 0 Å². The molecule has 0 bridgehead atoms. The van der Waals surface area contributed by atoms with Crippen molar-refractivity contribution >= 4 is 23.4 Å². The van der Waals surface area contributed by atoms with Crippen LogP contribution in [0.5, 0.6) is 0 Å². The number of pyridine rings is 1. The second-order valence-electron chi connectivity index (χ2n) is 5.40. The van der Waals surface area contributed by atoms with Gasteiger partial charge >= 0.3 is 0 Å². The van der Waals surface area contributed by atoms with Crippen LogP contribution in [0.1, 0.15) is 5.69 Å². The standard InChI is InChI=1S/C15H19N5OS/c1-22-15-18-13(16)7-14(19-15)20-8-10(12(21)9-20)6-11-4-2-3-5-17-11/h2-5,7,10,12,21H,6,8-9H2,1H3,(H2,16,18,19)/t10-,12-/m1/s1. The van der Waals surface area contributed by atoms with Crippen molar-refractivity contribution in [1.82, 2.24) is 15.0 Å². The van der Waals surface area contributed by atoms with Crippen LogP contribution in [-0.4, -0.2) is 45.5 Å². The van der Waals surface area contributed by atoms with E-state index in [1.54, 1.807) is 12.3 Å². The molecule has 3 heterocycles. The second-order valence-corrected chi connectivity index (χ2v) is 6.17. The van der Waals surface area contributed by atoms with Gasteiger partial charge in [-0.15, -0.1) is 0 Å². The number of aliphatic hydroxyl groups excluding tert-OH is 1. The lowest BCUT2D eigenvalue weighted by molar-refractivity contribution is 0.148. The summed E-state index contributed by atoms with van der Waals surface area (Å²) in [6.07, 6.45) is 4.07. The van der Waals surface area contributed by atoms with Gasteiger partial charge in [0.15, 0.2) is 5.16 Å². The molecule has 0 unspecified atom stereocenters. The molecule has 1 aliphatic heterocycles. The van der Waals surface area contributed by atoms with Gasteiger partial charge in [-0.2, -0.15) is 0 Å². The lowest BCUT2D eigenvalue weighted by Crippen LogP contribution is -2.22. The van der Waals surface area contributed by atoms with E-state index in [-0.39, 0.29) is 5.92 Å². The Hall–Kier alpha value is -1.86. The van der Waals surface area contributed by atoms with Crippen molar-refractivity contribution < 1.29 is 5.11 Å². The van der Waals surface area contributed by atoms with Crippen molar-refractivity contribution in [3.05, 3.63) is 36.2 Å². The predicted molar refractivity (Wildman–Crippen MR) is 87.9 cm³/mol. The van der Waals surface area contributed by atoms with Crippen molar-refractivity contribution in [2.75, 3.05) is 30.0 Å². The molecule has 22 heavy (non-hydrogen) atoms. The summed E-state index contributed by atoms with van der Waals surface area (Å²) in [5, 5.41) is 11.0. The first-order chi connectivity index (χ1) is 10.7. The minimum absolute atomic E-state index is 0.142. The van der Waals surface area contributed by atoms with E-state index in [2.05, 4.69) is 19.9 Å². The van der Waals surface area contributed by atoms with Crippen LogP contribution in [0.4, 0.5) is 11.6 Å². The highest BCUT2D eigenvalue weighted by Gasteiger charge is 2.32. The average Bonchev–Trinajstić information content (AvgIpc) is 2.89. The summed E-state index contributed by atoms with van der Waals surface area (Å²) >= 11 is 1.46. The fourth-order valence-corrected chi connectivity index (χ4v) is 3.09. The van der Waals surface area contributed by atoms with Crippen LogP contribution in [0.15, 0.2) is 35.6 Å². The summed E-state index contributed by atoms with van der Waals surface area (Å²) in [7, 11) is 0. The molecule has 0 aliphatic carbocycles. The smallest absolute Gasteiger partial charge is 0.191 e. The fraction of sp³-hybridized carbons (Fsp3) is 0.400. The molecule has 0 aromatic carbocycles. The molecule has 1 aliphatic rings. The zero-order chi connectivity index (χ0) is 15.5. The van der Waals surface area contributed by atoms with E-state index in [4.69, 9.17) is 5.73 Å². The topological polar surface area (TPSA) is 88.2 Å². The van der Waals surface area contributed by atoms with E-state index >= 15 is 0 Å². The van der Waals surface area contributed by atoms with Crippen LogP contribution in [0.2, 0.25) is 0 Å². The van der Waals surface area contributed by atoms with Gasteiger partial charge in [0.25, 0.3) is 0 Å². The molecule has 1 fully saturated rings. The van der Waals surface area contributed by atoms with Crippen LogP contribution in [0.25, 0.3) is 0 Å². The summed E-state index contributed by atoms with van der Waals surface area (Å²) in [4.78, 5) is 15.0. The minimum Gasteiger partial charge on any atom is -0.391 e. The molecule has 0 spiro atoms. The van der Waals surface area contributed by atoms with E-state index in [0.29, 0.717) is 17.5 Å². The number of nitrogens with two attached hydrogens (primary N) is 1. The second kappa shape index (κ2) is 6.50. The Morgan fingerprint density at radius 2 is 2.23 bits per heavy atom. The van der Waals surface area contributed by atoms with Crippen molar-refractivity contribution in [2.24, 2.45) is 5.92 Å². The lowest BCUT2D eigenvalue weighted by Gasteiger charge is -2.17. The number of thioether (sulfide) groups is 1. The van der Waals surface area contributed by atoms with Gasteiger partial charge in [0.05, 0.1) is 6.10 Å². The van der Waals surface area contributed by atoms with Crippen molar-refractivity contribution in [2.45, 2.75) is 17.7 Å². The zero-order valence-corrected chi connectivity index (χ0v) is 13.2. The van der Waals surface area contributed by atoms with Crippen LogP contribution in [0, 0.1) is 5.92 Å². The number of β-amino-alcohol motifs (C(OH)–C–C–N with tert-alkyl or cyclic N) is 1. The Morgan fingerprint density at radius 3 is 2.95 bits per heavy atom. The molecule has 0 saturated carbocycles. The Morgan fingerprint density at radius 1 is 1.36 bits per heavy atom. The van der Waals surface area contributed by atoms with Crippen molar-refractivity contribution in [1.29, 1.82) is 0 Å². The minimum atomic E-state index is -0.393. The average molecular weight is 317 g/mol. The third-order valence-corrected chi connectivity index (χ3v) is 4.37. The Labute approximate surface area is 133 Å². The van der Waals surface area contributed by atoms with E-state index in [0.717, 1.165) is 24.5 Å². The molecule has 7 heteroatoms. The van der Waals surface area contributed by atoms with Gasteiger partial charge in [-0.3, -0.25) is 4.98 Å². The maximum atomic E-state index is 10.3. The Balaban J connectivity index is 1.74. The van der Waals surface area contributed by atoms with Crippen LogP contribution < -0.4 is 10.6 Å². The first kappa shape index (κ1) is 15.1. The van der Waals surface area contributed by atoms with E-state index in [1.165, 1.54) is 11.8 Å². The molecular formula is C15H19N5OS. The van der Waals surface area contributed by atoms with Crippen molar-refractivity contribution in [3.63, 3.8) is 0 Å². The van der Waals surface area contributed by atoms with Gasteiger partial charge in [-0.05, 0) is 24.8 Å². The summed E-state index contributed by atoms with van der Waals surface area (Å²) in [5.41, 5.74) is 6.83. The molecule has 2 aromatic rings. The first-order valence-electron chi connectivity index (χ1n) is 7.17. The molecule has 2 aromatic heterocycles. The third kappa shape index (κ3) is 3.31. The highest BCUT2D eigenvalue weighted by molar-refractivity contribution is 7.98. The summed E-state index contributed by atoms with van der Waals surface area (Å²) < 4.78 is 0. The fourth-order valence-electron chi connectivity index (χ4n) is 2.71. The predicted octanol–water partition coefficient (Wildman–Crippen LogP) is 1.22. The van der Waals surface area contributed by atoms with Gasteiger partial charge < -0.3 is 15.7 Å². The maximum absolute atomic E-state index is 10.3. The van der Waals surface area contributed by atoms with Gasteiger partial charge in [0, 0.05) is 37.0 Å². The van der Waals surface area contributed by atoms with E-state index in [1.807, 2.05) is 24.5 Å². The number of aliphatic hydroxyl groups is 1. The number of hydrogen-bond acceptors (Lipinski definition) is 7. The molecule has 0 amide bonds. The summed E-state index contributed by atoms with van der Waals surface area (Å²) in [6.45, 7) is 1.30. The summed E-state index contributed by atoms with van der Waals surface area (Å²) in [6, 6.07) is 7.62. The van der Waals surface area contributed by atoms with Crippen molar-refractivity contribution in [3.8, 4) is 0 Å². The van der Waals surface area contributed by atoms with E-state index in [9.17, 15) is 5.11 Å². The number of hydrogen-bond donors (Lipinski definition) is 2. The number of nitrogens with zero attached hydrogens (tertiary/aromatic N) is 4. The molecule has 1 saturated heterocycles. The van der Waals surface area contributed by atoms with Gasteiger partial charge in [0.1, 0.15) is 11.6 Å². The maximum Gasteiger partial charge on any atom is 0.191 e. The third-order valence-electron chi connectivity index (χ3n) is 3.82. The molecule has 3 rings (SSSR count). The number of anilines is 2. The largest absolute Gasteiger partial charge is 0.391 e. The number of aromatic nitrogens is 3. The zero-order valence-electron chi connectivity index (χ0n) is 12.4. The first-order valence-corrected chi connectivity index (χ1v) is 8.39. The number of rotatable bonds is 4. The molecule has 3 N–H and O–H groups in total. The SMILES string of the molecule is CSc1nc(N)cc(N2C[C@@H](Cc3ccccn3)[C@H](O)C2)n1. The highest BCUT2D eigenvalue weighted by atomic mass is 32.2. The van der Waals surface area contributed by atoms with Gasteiger partial charge in [-0.1, -0.05) is 17.8 Å². The summed E-state index contributed by atoms with van der Waals surface area (Å²) in [5.74, 6) is 1.38. The quantitative estimate of drug-likeness (QED) is 0.647. The van der Waals surface area contributed by atoms with Gasteiger partial charge in [0.2, 0.25) is 0 Å². The molecular weight excluding hydrogens is 298 g/mol.